The van der Waals surface area contributed by atoms with Crippen molar-refractivity contribution >= 4 is 23.5 Å². The number of hydrogen-bond donors (Lipinski definition) is 0. The first-order valence-corrected chi connectivity index (χ1v) is 5.77. The second-order valence-electron chi connectivity index (χ2n) is 4.24. The molecule has 2 aliphatic heterocycles. The van der Waals surface area contributed by atoms with Gasteiger partial charge in [0.1, 0.15) is 23.4 Å². The van der Waals surface area contributed by atoms with E-state index < -0.39 is 11.8 Å². The van der Waals surface area contributed by atoms with Gasteiger partial charge in [0.15, 0.2) is 0 Å². The van der Waals surface area contributed by atoms with Gasteiger partial charge in [-0.15, -0.1) is 0 Å². The molecule has 6 nitrogen and oxygen atoms in total. The highest BCUT2D eigenvalue weighted by atomic mass is 16.5. The van der Waals surface area contributed by atoms with Crippen LogP contribution in [0.5, 0.6) is 0 Å². The van der Waals surface area contributed by atoms with Crippen molar-refractivity contribution in [2.45, 2.75) is 26.7 Å². The lowest BCUT2D eigenvalue weighted by atomic mass is 10.1. The van der Waals surface area contributed by atoms with Gasteiger partial charge in [-0.3, -0.25) is 19.2 Å². The fourth-order valence-corrected chi connectivity index (χ4v) is 1.73. The molecule has 18 heavy (non-hydrogen) atoms. The van der Waals surface area contributed by atoms with E-state index in [-0.39, 0.29) is 23.5 Å². The van der Waals surface area contributed by atoms with Crippen molar-refractivity contribution in [3.8, 4) is 0 Å². The number of cyclic esters (lactones) is 2. The summed E-state index contributed by atoms with van der Waals surface area (Å²) in [7, 11) is 0. The third-order valence-electron chi connectivity index (χ3n) is 2.85. The summed E-state index contributed by atoms with van der Waals surface area (Å²) >= 11 is 0. The first kappa shape index (κ1) is 14.3. The molecule has 0 amide bonds. The number of carbonyl (C=O) groups excluding carboxylic acids is 4. The highest BCUT2D eigenvalue weighted by Crippen LogP contribution is 2.14. The maximum Gasteiger partial charge on any atom is 0.316 e. The minimum Gasteiger partial charge on any atom is -0.465 e. The Bertz CT molecular complexity index is 337. The Labute approximate surface area is 105 Å². The fourth-order valence-electron chi connectivity index (χ4n) is 1.73. The number of carbonyl (C=O) groups is 4. The van der Waals surface area contributed by atoms with Crippen LogP contribution in [-0.2, 0) is 28.7 Å². The lowest BCUT2D eigenvalue weighted by Gasteiger charge is -1.95. The maximum absolute atomic E-state index is 10.6. The normalized spacial score (nSPS) is 25.9. The monoisotopic (exact) mass is 256 g/mol. The van der Waals surface area contributed by atoms with Crippen molar-refractivity contribution in [2.75, 3.05) is 13.2 Å². The van der Waals surface area contributed by atoms with Crippen LogP contribution in [0.4, 0.5) is 0 Å². The Morgan fingerprint density at radius 1 is 0.889 bits per heavy atom. The number of ether oxygens (including phenoxy) is 2. The van der Waals surface area contributed by atoms with Crippen LogP contribution in [0.2, 0.25) is 0 Å². The first-order valence-electron chi connectivity index (χ1n) is 5.77. The molecule has 0 radical (unpaired) electrons. The molecule has 0 bridgehead atoms. The van der Waals surface area contributed by atoms with Crippen LogP contribution >= 0.6 is 0 Å². The van der Waals surface area contributed by atoms with E-state index in [1.165, 1.54) is 13.8 Å². The SMILES string of the molecule is CC(=O)C1CCOC1=O.CC(=O)C1CCOC1=O. The Morgan fingerprint density at radius 3 is 1.33 bits per heavy atom. The van der Waals surface area contributed by atoms with Crippen LogP contribution in [0, 0.1) is 11.8 Å². The molecule has 100 valence electrons. The summed E-state index contributed by atoms with van der Waals surface area (Å²) < 4.78 is 9.13. The third-order valence-corrected chi connectivity index (χ3v) is 2.85. The Morgan fingerprint density at radius 2 is 1.22 bits per heavy atom. The molecule has 2 fully saturated rings. The smallest absolute Gasteiger partial charge is 0.316 e. The van der Waals surface area contributed by atoms with Crippen LogP contribution in [0.25, 0.3) is 0 Å². The van der Waals surface area contributed by atoms with Gasteiger partial charge >= 0.3 is 11.9 Å². The quantitative estimate of drug-likeness (QED) is 0.521. The van der Waals surface area contributed by atoms with Gasteiger partial charge in [-0.05, 0) is 13.8 Å². The molecular formula is C12H16O6. The molecule has 0 aromatic heterocycles. The standard InChI is InChI=1S/2C6H8O3/c2*1-4(7)5-2-3-9-6(5)8/h2*5H,2-3H2,1H3. The molecule has 0 spiro atoms. The van der Waals surface area contributed by atoms with E-state index in [0.717, 1.165) is 0 Å². The number of Topliss-reactive ketones (excluding diaryl/α,β-unsaturated/α-hetero) is 2. The summed E-state index contributed by atoms with van der Waals surface area (Å²) in [6, 6.07) is 0. The Balaban J connectivity index is 0.000000180. The summed E-state index contributed by atoms with van der Waals surface area (Å²) in [4.78, 5) is 42.3. The van der Waals surface area contributed by atoms with Crippen LogP contribution in [-0.4, -0.2) is 36.7 Å². The molecule has 2 unspecified atom stereocenters. The second kappa shape index (κ2) is 6.28. The van der Waals surface area contributed by atoms with Gasteiger partial charge in [0.25, 0.3) is 0 Å². The largest absolute Gasteiger partial charge is 0.465 e. The molecular weight excluding hydrogens is 240 g/mol. The minimum atomic E-state index is -0.468. The number of rotatable bonds is 2. The van der Waals surface area contributed by atoms with Crippen LogP contribution in [0.15, 0.2) is 0 Å². The van der Waals surface area contributed by atoms with Gasteiger partial charge in [0.05, 0.1) is 13.2 Å². The Kier molecular flexibility index (Phi) is 5.00. The minimum absolute atomic E-state index is 0.0856. The van der Waals surface area contributed by atoms with E-state index in [1.54, 1.807) is 0 Å². The van der Waals surface area contributed by atoms with Crippen molar-refractivity contribution < 1.29 is 28.7 Å². The van der Waals surface area contributed by atoms with Gasteiger partial charge in [-0.2, -0.15) is 0 Å². The lowest BCUT2D eigenvalue weighted by Crippen LogP contribution is -2.15. The third kappa shape index (κ3) is 3.65. The van der Waals surface area contributed by atoms with Crippen molar-refractivity contribution in [1.82, 2.24) is 0 Å². The summed E-state index contributed by atoms with van der Waals surface area (Å²) in [5, 5.41) is 0. The van der Waals surface area contributed by atoms with Crippen molar-refractivity contribution in [1.29, 1.82) is 0 Å². The molecule has 0 saturated carbocycles. The molecule has 2 aliphatic rings. The van der Waals surface area contributed by atoms with Gasteiger partial charge in [0.2, 0.25) is 0 Å². The molecule has 6 heteroatoms. The van der Waals surface area contributed by atoms with E-state index in [2.05, 4.69) is 9.47 Å². The number of hydrogen-bond acceptors (Lipinski definition) is 6. The predicted molar refractivity (Wildman–Crippen MR) is 59.5 cm³/mol. The van der Waals surface area contributed by atoms with E-state index in [4.69, 9.17) is 0 Å². The molecule has 0 aliphatic carbocycles. The maximum atomic E-state index is 10.6. The summed E-state index contributed by atoms with van der Waals surface area (Å²) in [6.07, 6.45) is 1.13. The zero-order valence-corrected chi connectivity index (χ0v) is 10.4. The number of esters is 2. The molecule has 2 rings (SSSR count). The van der Waals surface area contributed by atoms with Crippen molar-refractivity contribution in [2.24, 2.45) is 11.8 Å². The van der Waals surface area contributed by atoms with Gasteiger partial charge in [-0.1, -0.05) is 0 Å². The van der Waals surface area contributed by atoms with Crippen LogP contribution in [0.1, 0.15) is 26.7 Å². The predicted octanol–water partition coefficient (Wildman–Crippen LogP) is 0.277. The van der Waals surface area contributed by atoms with Gasteiger partial charge in [-0.25, -0.2) is 0 Å². The van der Waals surface area contributed by atoms with E-state index in [1.807, 2.05) is 0 Å². The average Bonchev–Trinajstić information content (AvgIpc) is 2.87. The molecule has 2 heterocycles. The summed E-state index contributed by atoms with van der Waals surface area (Å²) in [5.74, 6) is -1.82. The number of ketones is 2. The first-order chi connectivity index (χ1) is 8.43. The molecule has 0 aromatic carbocycles. The molecule has 2 atom stereocenters. The molecule has 2 saturated heterocycles. The van der Waals surface area contributed by atoms with E-state index >= 15 is 0 Å². The Hall–Kier alpha value is -1.72. The van der Waals surface area contributed by atoms with E-state index in [0.29, 0.717) is 26.1 Å². The average molecular weight is 256 g/mol. The molecule has 0 N–H and O–H groups in total. The van der Waals surface area contributed by atoms with E-state index in [9.17, 15) is 19.2 Å². The van der Waals surface area contributed by atoms with Crippen LogP contribution in [0.3, 0.4) is 0 Å². The second-order valence-corrected chi connectivity index (χ2v) is 4.24. The lowest BCUT2D eigenvalue weighted by molar-refractivity contribution is -0.145. The highest BCUT2D eigenvalue weighted by molar-refractivity contribution is 5.99. The van der Waals surface area contributed by atoms with Gasteiger partial charge < -0.3 is 9.47 Å². The zero-order chi connectivity index (χ0) is 13.7. The van der Waals surface area contributed by atoms with Crippen molar-refractivity contribution in [3.05, 3.63) is 0 Å². The summed E-state index contributed by atoms with van der Waals surface area (Å²) in [6.45, 7) is 3.64. The topological polar surface area (TPSA) is 86.7 Å². The fraction of sp³-hybridized carbons (Fsp3) is 0.667. The molecule has 0 aromatic rings. The highest BCUT2D eigenvalue weighted by Gasteiger charge is 2.30. The van der Waals surface area contributed by atoms with Crippen molar-refractivity contribution in [3.63, 3.8) is 0 Å². The van der Waals surface area contributed by atoms with Gasteiger partial charge in [0, 0.05) is 12.8 Å². The zero-order valence-electron chi connectivity index (χ0n) is 10.4. The summed E-state index contributed by atoms with van der Waals surface area (Å²) in [5.41, 5.74) is 0. The van der Waals surface area contributed by atoms with Crippen LogP contribution < -0.4 is 0 Å².